The van der Waals surface area contributed by atoms with Gasteiger partial charge in [-0.15, -0.1) is 11.3 Å². The molecule has 7 heteroatoms. The highest BCUT2D eigenvalue weighted by atomic mass is 32.1. The van der Waals surface area contributed by atoms with Gasteiger partial charge in [-0.3, -0.25) is 4.68 Å². The van der Waals surface area contributed by atoms with E-state index in [2.05, 4.69) is 46.1 Å². The van der Waals surface area contributed by atoms with E-state index in [1.165, 1.54) is 16.8 Å². The van der Waals surface area contributed by atoms with Gasteiger partial charge in [0.05, 0.1) is 17.7 Å². The topological polar surface area (TPSA) is 56.1 Å². The van der Waals surface area contributed by atoms with Gasteiger partial charge >= 0.3 is 0 Å². The first-order chi connectivity index (χ1) is 11.5. The zero-order valence-corrected chi connectivity index (χ0v) is 15.6. The minimum Gasteiger partial charge on any atom is -0.383 e. The van der Waals surface area contributed by atoms with E-state index in [9.17, 15) is 0 Å². The molecule has 0 saturated heterocycles. The Morgan fingerprint density at radius 2 is 2.04 bits per heavy atom. The van der Waals surface area contributed by atoms with Gasteiger partial charge in [-0.05, 0) is 31.7 Å². The predicted octanol–water partition coefficient (Wildman–Crippen LogP) is 3.00. The maximum atomic E-state index is 5.32. The van der Waals surface area contributed by atoms with Gasteiger partial charge in [0, 0.05) is 38.5 Å². The standard InChI is InChI=1S/C17H23N5OS/c1-11-9-24-17-15(11)16(18-10-19-17)22(6-7-23-5)8-14-12(2)20-21(4)13(14)3/h9-10H,6-8H2,1-5H3. The molecular weight excluding hydrogens is 322 g/mol. The SMILES string of the molecule is COCCN(Cc1c(C)nn(C)c1C)c1ncnc2scc(C)c12. The van der Waals surface area contributed by atoms with Crippen molar-refractivity contribution < 1.29 is 4.74 Å². The van der Waals surface area contributed by atoms with Crippen molar-refractivity contribution in [2.75, 3.05) is 25.2 Å². The third kappa shape index (κ3) is 3.01. The van der Waals surface area contributed by atoms with Crippen molar-refractivity contribution in [1.82, 2.24) is 19.7 Å². The first kappa shape index (κ1) is 16.9. The van der Waals surface area contributed by atoms with Gasteiger partial charge in [0.2, 0.25) is 0 Å². The van der Waals surface area contributed by atoms with Crippen molar-refractivity contribution in [2.45, 2.75) is 27.3 Å². The summed E-state index contributed by atoms with van der Waals surface area (Å²) >= 11 is 1.66. The van der Waals surface area contributed by atoms with Gasteiger partial charge in [-0.1, -0.05) is 0 Å². The fraction of sp³-hybridized carbons (Fsp3) is 0.471. The molecule has 0 N–H and O–H groups in total. The number of fused-ring (bicyclic) bond motifs is 1. The van der Waals surface area contributed by atoms with Crippen molar-refractivity contribution in [1.29, 1.82) is 0 Å². The van der Waals surface area contributed by atoms with E-state index in [1.807, 2.05) is 11.7 Å². The average Bonchev–Trinajstić information content (AvgIpc) is 3.06. The molecule has 0 spiro atoms. The first-order valence-electron chi connectivity index (χ1n) is 7.94. The van der Waals surface area contributed by atoms with Crippen LogP contribution in [0.25, 0.3) is 10.2 Å². The molecule has 0 aliphatic carbocycles. The van der Waals surface area contributed by atoms with Crippen molar-refractivity contribution >= 4 is 27.4 Å². The molecule has 128 valence electrons. The fourth-order valence-electron chi connectivity index (χ4n) is 2.94. The Morgan fingerprint density at radius 1 is 1.25 bits per heavy atom. The van der Waals surface area contributed by atoms with E-state index < -0.39 is 0 Å². The smallest absolute Gasteiger partial charge is 0.141 e. The second-order valence-electron chi connectivity index (χ2n) is 5.98. The number of thiophene rings is 1. The lowest BCUT2D eigenvalue weighted by molar-refractivity contribution is 0.205. The summed E-state index contributed by atoms with van der Waals surface area (Å²) in [5, 5.41) is 7.81. The molecule has 24 heavy (non-hydrogen) atoms. The molecule has 0 atom stereocenters. The first-order valence-corrected chi connectivity index (χ1v) is 8.82. The molecule has 3 aromatic rings. The van der Waals surface area contributed by atoms with E-state index in [4.69, 9.17) is 4.74 Å². The molecule has 0 bridgehead atoms. The van der Waals surface area contributed by atoms with Crippen LogP contribution in [0.4, 0.5) is 5.82 Å². The third-order valence-electron chi connectivity index (χ3n) is 4.41. The van der Waals surface area contributed by atoms with Crippen LogP contribution in [0.2, 0.25) is 0 Å². The van der Waals surface area contributed by atoms with Crippen LogP contribution in [-0.4, -0.2) is 40.0 Å². The minimum absolute atomic E-state index is 0.646. The van der Waals surface area contributed by atoms with Crippen LogP contribution in [0.3, 0.4) is 0 Å². The molecule has 6 nitrogen and oxygen atoms in total. The monoisotopic (exact) mass is 345 g/mol. The Labute approximate surface area is 146 Å². The summed E-state index contributed by atoms with van der Waals surface area (Å²) in [4.78, 5) is 12.3. The highest BCUT2D eigenvalue weighted by molar-refractivity contribution is 7.17. The summed E-state index contributed by atoms with van der Waals surface area (Å²) in [5.74, 6) is 0.971. The van der Waals surface area contributed by atoms with E-state index >= 15 is 0 Å². The van der Waals surface area contributed by atoms with Gasteiger partial charge in [0.1, 0.15) is 17.0 Å². The van der Waals surface area contributed by atoms with Crippen LogP contribution in [0.15, 0.2) is 11.7 Å². The second kappa shape index (κ2) is 6.86. The molecule has 0 unspecified atom stereocenters. The summed E-state index contributed by atoms with van der Waals surface area (Å²) in [7, 11) is 3.71. The predicted molar refractivity (Wildman–Crippen MR) is 97.8 cm³/mol. The molecule has 0 aliphatic heterocycles. The average molecular weight is 345 g/mol. The van der Waals surface area contributed by atoms with Gasteiger partial charge in [0.25, 0.3) is 0 Å². The van der Waals surface area contributed by atoms with E-state index in [0.29, 0.717) is 6.61 Å². The minimum atomic E-state index is 0.646. The van der Waals surface area contributed by atoms with Gasteiger partial charge in [-0.25, -0.2) is 9.97 Å². The van der Waals surface area contributed by atoms with Crippen LogP contribution in [0.1, 0.15) is 22.5 Å². The summed E-state index contributed by atoms with van der Waals surface area (Å²) in [5.41, 5.74) is 4.70. The molecule has 3 heterocycles. The van der Waals surface area contributed by atoms with E-state index in [1.54, 1.807) is 24.8 Å². The largest absolute Gasteiger partial charge is 0.383 e. The number of hydrogen-bond acceptors (Lipinski definition) is 6. The number of anilines is 1. The van der Waals surface area contributed by atoms with Crippen LogP contribution < -0.4 is 4.90 Å². The number of rotatable bonds is 6. The Morgan fingerprint density at radius 3 is 2.71 bits per heavy atom. The van der Waals surface area contributed by atoms with Gasteiger partial charge < -0.3 is 9.64 Å². The van der Waals surface area contributed by atoms with E-state index in [-0.39, 0.29) is 0 Å². The van der Waals surface area contributed by atoms with Crippen LogP contribution in [-0.2, 0) is 18.3 Å². The Hall–Kier alpha value is -1.99. The molecule has 0 radical (unpaired) electrons. The molecule has 0 fully saturated rings. The second-order valence-corrected chi connectivity index (χ2v) is 6.84. The zero-order chi connectivity index (χ0) is 17.3. The quantitative estimate of drug-likeness (QED) is 0.687. The molecule has 0 aliphatic rings. The normalized spacial score (nSPS) is 11.4. The third-order valence-corrected chi connectivity index (χ3v) is 5.41. The molecule has 3 aromatic heterocycles. The van der Waals surface area contributed by atoms with Crippen molar-refractivity contribution in [3.05, 3.63) is 34.2 Å². The Balaban J connectivity index is 2.04. The zero-order valence-electron chi connectivity index (χ0n) is 14.8. The Bertz CT molecular complexity index is 854. The van der Waals surface area contributed by atoms with Gasteiger partial charge in [-0.2, -0.15) is 5.10 Å². The number of aromatic nitrogens is 4. The number of hydrogen-bond donors (Lipinski definition) is 0. The maximum absolute atomic E-state index is 5.32. The van der Waals surface area contributed by atoms with E-state index in [0.717, 1.165) is 34.8 Å². The number of nitrogens with zero attached hydrogens (tertiary/aromatic N) is 5. The fourth-order valence-corrected chi connectivity index (χ4v) is 3.82. The number of aryl methyl sites for hydroxylation is 3. The summed E-state index contributed by atoms with van der Waals surface area (Å²) < 4.78 is 7.25. The van der Waals surface area contributed by atoms with Crippen LogP contribution in [0, 0.1) is 20.8 Å². The highest BCUT2D eigenvalue weighted by Gasteiger charge is 2.19. The summed E-state index contributed by atoms with van der Waals surface area (Å²) in [6.45, 7) is 8.45. The van der Waals surface area contributed by atoms with Crippen molar-refractivity contribution in [3.8, 4) is 0 Å². The lowest BCUT2D eigenvalue weighted by Gasteiger charge is -2.24. The molecule has 3 rings (SSSR count). The van der Waals surface area contributed by atoms with Crippen molar-refractivity contribution in [3.63, 3.8) is 0 Å². The van der Waals surface area contributed by atoms with Gasteiger partial charge in [0.15, 0.2) is 0 Å². The Kier molecular flexibility index (Phi) is 4.82. The summed E-state index contributed by atoms with van der Waals surface area (Å²) in [6.07, 6.45) is 1.65. The number of methoxy groups -OCH3 is 1. The molecule has 0 aromatic carbocycles. The molecule has 0 amide bonds. The van der Waals surface area contributed by atoms with Crippen LogP contribution in [0.5, 0.6) is 0 Å². The maximum Gasteiger partial charge on any atom is 0.141 e. The van der Waals surface area contributed by atoms with Crippen molar-refractivity contribution in [2.24, 2.45) is 7.05 Å². The highest BCUT2D eigenvalue weighted by Crippen LogP contribution is 2.31. The lowest BCUT2D eigenvalue weighted by atomic mass is 10.1. The molecule has 0 saturated carbocycles. The number of ether oxygens (including phenoxy) is 1. The summed E-state index contributed by atoms with van der Waals surface area (Å²) in [6, 6.07) is 0. The molecular formula is C17H23N5OS. The lowest BCUT2D eigenvalue weighted by Crippen LogP contribution is -2.28. The van der Waals surface area contributed by atoms with Crippen LogP contribution >= 0.6 is 11.3 Å².